The highest BCUT2D eigenvalue weighted by Gasteiger charge is 2.36. The Bertz CT molecular complexity index is 1200. The standard InChI is InChI=1S/C23H26N2O5S2/c1-30-22(27)21-18-9-10-25(20(26)11-14-5-6-14)13-19(18)31-23(21)32(28,29)24-17-8-7-15-3-2-4-16(15)12-17/h7-8,12,14,24H,2-6,9-11,13H2,1H3. The topological polar surface area (TPSA) is 92.8 Å². The molecule has 1 N–H and O–H groups in total. The molecule has 1 fully saturated rings. The second-order valence-electron chi connectivity index (χ2n) is 8.81. The number of ether oxygens (including phenoxy) is 1. The van der Waals surface area contributed by atoms with E-state index in [1.807, 2.05) is 12.1 Å². The number of amides is 1. The van der Waals surface area contributed by atoms with Crippen molar-refractivity contribution < 1.29 is 22.7 Å². The number of nitrogens with zero attached hydrogens (tertiary/aromatic N) is 1. The molecule has 0 radical (unpaired) electrons. The van der Waals surface area contributed by atoms with E-state index >= 15 is 0 Å². The van der Waals surface area contributed by atoms with Crippen molar-refractivity contribution in [3.63, 3.8) is 0 Å². The molecule has 1 amide bonds. The van der Waals surface area contributed by atoms with E-state index in [-0.39, 0.29) is 15.7 Å². The fourth-order valence-corrected chi connectivity index (χ4v) is 7.57. The molecule has 1 saturated carbocycles. The number of aryl methyl sites for hydroxylation is 2. The number of anilines is 1. The van der Waals surface area contributed by atoms with Gasteiger partial charge in [-0.25, -0.2) is 13.2 Å². The predicted octanol–water partition coefficient (Wildman–Crippen LogP) is 3.51. The number of sulfonamides is 1. The van der Waals surface area contributed by atoms with Crippen LogP contribution in [0.1, 0.15) is 57.6 Å². The van der Waals surface area contributed by atoms with Crippen LogP contribution >= 0.6 is 11.3 Å². The molecular formula is C23H26N2O5S2. The van der Waals surface area contributed by atoms with Gasteiger partial charge in [0.25, 0.3) is 10.0 Å². The molecule has 0 unspecified atom stereocenters. The zero-order chi connectivity index (χ0) is 22.5. The molecule has 1 aromatic heterocycles. The van der Waals surface area contributed by atoms with Gasteiger partial charge in [-0.05, 0) is 73.3 Å². The summed E-state index contributed by atoms with van der Waals surface area (Å²) < 4.78 is 34.2. The molecule has 32 heavy (non-hydrogen) atoms. The van der Waals surface area contributed by atoms with Gasteiger partial charge < -0.3 is 9.64 Å². The Morgan fingerprint density at radius 1 is 1.19 bits per heavy atom. The second-order valence-corrected chi connectivity index (χ2v) is 11.8. The Kier molecular flexibility index (Phi) is 5.49. The molecule has 2 aliphatic carbocycles. The zero-order valence-electron chi connectivity index (χ0n) is 18.0. The fraction of sp³-hybridized carbons (Fsp3) is 0.478. The lowest BCUT2D eigenvalue weighted by Gasteiger charge is -2.27. The average molecular weight is 475 g/mol. The van der Waals surface area contributed by atoms with Gasteiger partial charge in [0.15, 0.2) is 4.21 Å². The Hall–Kier alpha value is -2.39. The minimum atomic E-state index is -3.99. The highest BCUT2D eigenvalue weighted by Crippen LogP contribution is 2.39. The molecule has 2 heterocycles. The van der Waals surface area contributed by atoms with Gasteiger partial charge in [0, 0.05) is 23.5 Å². The van der Waals surface area contributed by atoms with E-state index in [1.54, 1.807) is 11.0 Å². The van der Waals surface area contributed by atoms with Crippen molar-refractivity contribution >= 4 is 38.9 Å². The molecule has 0 atom stereocenters. The van der Waals surface area contributed by atoms with Gasteiger partial charge >= 0.3 is 5.97 Å². The summed E-state index contributed by atoms with van der Waals surface area (Å²) in [6, 6.07) is 5.61. The van der Waals surface area contributed by atoms with Crippen molar-refractivity contribution in [2.24, 2.45) is 5.92 Å². The summed E-state index contributed by atoms with van der Waals surface area (Å²) in [5.74, 6) is -0.0632. The molecule has 1 aliphatic heterocycles. The minimum absolute atomic E-state index is 0.0358. The van der Waals surface area contributed by atoms with Crippen molar-refractivity contribution in [3.05, 3.63) is 45.3 Å². The number of nitrogens with one attached hydrogen (secondary N) is 1. The largest absolute Gasteiger partial charge is 0.465 e. The molecular weight excluding hydrogens is 448 g/mol. The van der Waals surface area contributed by atoms with Crippen molar-refractivity contribution in [1.29, 1.82) is 0 Å². The number of benzene rings is 1. The number of fused-ring (bicyclic) bond motifs is 2. The van der Waals surface area contributed by atoms with E-state index in [0.29, 0.717) is 43.1 Å². The highest BCUT2D eigenvalue weighted by atomic mass is 32.2. The monoisotopic (exact) mass is 474 g/mol. The summed E-state index contributed by atoms with van der Waals surface area (Å²) in [5.41, 5.74) is 3.70. The molecule has 0 bridgehead atoms. The van der Waals surface area contributed by atoms with Gasteiger partial charge in [0.2, 0.25) is 5.91 Å². The number of thiophene rings is 1. The quantitative estimate of drug-likeness (QED) is 0.647. The maximum atomic E-state index is 13.3. The maximum absolute atomic E-state index is 13.3. The van der Waals surface area contributed by atoms with Crippen LogP contribution < -0.4 is 4.72 Å². The average Bonchev–Trinajstić information content (AvgIpc) is 3.31. The van der Waals surface area contributed by atoms with E-state index in [2.05, 4.69) is 4.72 Å². The van der Waals surface area contributed by atoms with E-state index in [0.717, 1.165) is 53.9 Å². The lowest BCUT2D eigenvalue weighted by Crippen LogP contribution is -2.35. The van der Waals surface area contributed by atoms with E-state index < -0.39 is 16.0 Å². The number of carbonyl (C=O) groups excluding carboxylic acids is 2. The molecule has 7 nitrogen and oxygen atoms in total. The molecule has 0 spiro atoms. The van der Waals surface area contributed by atoms with Crippen LogP contribution in [0.15, 0.2) is 22.4 Å². The predicted molar refractivity (Wildman–Crippen MR) is 121 cm³/mol. The van der Waals surface area contributed by atoms with Crippen molar-refractivity contribution in [2.75, 3.05) is 18.4 Å². The normalized spacial score (nSPS) is 17.6. The lowest BCUT2D eigenvalue weighted by atomic mass is 10.0. The van der Waals surface area contributed by atoms with Crippen LogP contribution in [0.4, 0.5) is 5.69 Å². The van der Waals surface area contributed by atoms with Crippen LogP contribution in [0.5, 0.6) is 0 Å². The first kappa shape index (κ1) is 21.5. The number of methoxy groups -OCH3 is 1. The number of rotatable bonds is 6. The van der Waals surface area contributed by atoms with Gasteiger partial charge in [0.1, 0.15) is 0 Å². The summed E-state index contributed by atoms with van der Waals surface area (Å²) in [7, 11) is -2.74. The molecule has 2 aromatic rings. The van der Waals surface area contributed by atoms with Gasteiger partial charge in [-0.1, -0.05) is 6.07 Å². The molecule has 1 aromatic carbocycles. The first-order chi connectivity index (χ1) is 15.4. The molecule has 0 saturated heterocycles. The minimum Gasteiger partial charge on any atom is -0.465 e. The molecule has 5 rings (SSSR count). The first-order valence-electron chi connectivity index (χ1n) is 11.0. The maximum Gasteiger partial charge on any atom is 0.340 e. The molecule has 3 aliphatic rings. The van der Waals surface area contributed by atoms with Crippen LogP contribution in [0.25, 0.3) is 0 Å². The Morgan fingerprint density at radius 2 is 1.97 bits per heavy atom. The van der Waals surface area contributed by atoms with Gasteiger partial charge in [-0.2, -0.15) is 0 Å². The Labute approximate surface area is 191 Å². The van der Waals surface area contributed by atoms with Crippen molar-refractivity contribution in [2.45, 2.75) is 55.7 Å². The third kappa shape index (κ3) is 4.03. The van der Waals surface area contributed by atoms with E-state index in [9.17, 15) is 18.0 Å². The summed E-state index contributed by atoms with van der Waals surface area (Å²) in [6.45, 7) is 0.820. The number of hydrogen-bond donors (Lipinski definition) is 1. The van der Waals surface area contributed by atoms with Gasteiger partial charge in [-0.15, -0.1) is 11.3 Å². The van der Waals surface area contributed by atoms with Crippen LogP contribution in [0.2, 0.25) is 0 Å². The molecule has 170 valence electrons. The van der Waals surface area contributed by atoms with Gasteiger partial charge in [0.05, 0.1) is 19.2 Å². The van der Waals surface area contributed by atoms with Crippen LogP contribution in [-0.2, 0) is 45.4 Å². The Balaban J connectivity index is 1.45. The summed E-state index contributed by atoms with van der Waals surface area (Å²) in [5, 5.41) is 0. The third-order valence-electron chi connectivity index (χ3n) is 6.52. The highest BCUT2D eigenvalue weighted by molar-refractivity contribution is 7.94. The summed E-state index contributed by atoms with van der Waals surface area (Å²) in [6.07, 6.45) is 6.24. The van der Waals surface area contributed by atoms with Crippen LogP contribution in [0.3, 0.4) is 0 Å². The van der Waals surface area contributed by atoms with E-state index in [1.165, 1.54) is 12.7 Å². The van der Waals surface area contributed by atoms with Crippen molar-refractivity contribution in [3.8, 4) is 0 Å². The third-order valence-corrected chi connectivity index (χ3v) is 9.64. The smallest absolute Gasteiger partial charge is 0.340 e. The SMILES string of the molecule is COC(=O)c1c(S(=O)(=O)Nc2ccc3c(c2)CCC3)sc2c1CCN(C(=O)CC1CC1)C2. The first-order valence-corrected chi connectivity index (χ1v) is 13.3. The summed E-state index contributed by atoms with van der Waals surface area (Å²) in [4.78, 5) is 27.7. The number of esters is 1. The van der Waals surface area contributed by atoms with Crippen molar-refractivity contribution in [1.82, 2.24) is 4.90 Å². The van der Waals surface area contributed by atoms with Crippen LogP contribution in [0, 0.1) is 5.92 Å². The summed E-state index contributed by atoms with van der Waals surface area (Å²) >= 11 is 1.07. The lowest BCUT2D eigenvalue weighted by molar-refractivity contribution is -0.132. The molecule has 9 heteroatoms. The zero-order valence-corrected chi connectivity index (χ0v) is 19.6. The fourth-order valence-electron chi connectivity index (χ4n) is 4.62. The number of carbonyl (C=O) groups is 2. The van der Waals surface area contributed by atoms with E-state index in [4.69, 9.17) is 4.74 Å². The second kappa shape index (κ2) is 8.19. The van der Waals surface area contributed by atoms with Crippen LogP contribution in [-0.4, -0.2) is 38.8 Å². The number of hydrogen-bond acceptors (Lipinski definition) is 6. The Morgan fingerprint density at radius 3 is 2.72 bits per heavy atom. The van der Waals surface area contributed by atoms with Gasteiger partial charge in [-0.3, -0.25) is 9.52 Å².